The Balaban J connectivity index is 0.000000142. The number of fused-ring (bicyclic) bond motifs is 2. The van der Waals surface area contributed by atoms with Crippen molar-refractivity contribution in [1.29, 1.82) is 0 Å². The third-order valence-electron chi connectivity index (χ3n) is 6.65. The number of pyridine rings is 2. The Morgan fingerprint density at radius 1 is 0.765 bits per heavy atom. The molecule has 2 aliphatic heterocycles. The van der Waals surface area contributed by atoms with Crippen molar-refractivity contribution in [3.8, 4) is 0 Å². The van der Waals surface area contributed by atoms with Gasteiger partial charge in [0.25, 0.3) is 11.1 Å². The zero-order valence-electron chi connectivity index (χ0n) is 18.5. The van der Waals surface area contributed by atoms with E-state index in [1.807, 2.05) is 11.4 Å². The van der Waals surface area contributed by atoms with Crippen molar-refractivity contribution in [1.82, 2.24) is 20.6 Å². The Labute approximate surface area is 221 Å². The molecule has 0 aliphatic carbocycles. The standard InChI is InChI=1S/2C12H13BrN2OS/c13-9-6-17-10-5-8(12(16)15-11(9)10)7-1-3-14-4-2-7;13-11-6-9-10(17-11)5-8(12(16)15-9)7-1-3-14-4-2-7/h2*5-7,14H,1-4H2,(H,15,16). The minimum absolute atomic E-state index is 0.0727. The number of rotatable bonds is 2. The number of piperidine rings is 2. The number of aromatic amines is 2. The van der Waals surface area contributed by atoms with Crippen LogP contribution in [0.2, 0.25) is 0 Å². The van der Waals surface area contributed by atoms with Crippen LogP contribution in [-0.4, -0.2) is 36.1 Å². The van der Waals surface area contributed by atoms with Crippen molar-refractivity contribution in [2.45, 2.75) is 37.5 Å². The molecule has 0 spiro atoms. The summed E-state index contributed by atoms with van der Waals surface area (Å²) in [6.45, 7) is 4.04. The van der Waals surface area contributed by atoms with Gasteiger partial charge in [-0.05, 0) is 114 Å². The van der Waals surface area contributed by atoms with E-state index in [-0.39, 0.29) is 11.1 Å². The summed E-state index contributed by atoms with van der Waals surface area (Å²) in [5.74, 6) is 0.815. The molecule has 0 aromatic carbocycles. The van der Waals surface area contributed by atoms with Gasteiger partial charge in [-0.3, -0.25) is 9.59 Å². The van der Waals surface area contributed by atoms with Crippen molar-refractivity contribution in [3.63, 3.8) is 0 Å². The predicted octanol–water partition coefficient (Wildman–Crippen LogP) is 5.64. The molecule has 10 heteroatoms. The summed E-state index contributed by atoms with van der Waals surface area (Å²) in [5, 5.41) is 8.68. The van der Waals surface area contributed by atoms with E-state index in [4.69, 9.17) is 0 Å². The van der Waals surface area contributed by atoms with Crippen molar-refractivity contribution in [3.05, 3.63) is 63.7 Å². The van der Waals surface area contributed by atoms with E-state index in [1.54, 1.807) is 22.7 Å². The highest BCUT2D eigenvalue weighted by Crippen LogP contribution is 2.32. The first-order valence-electron chi connectivity index (χ1n) is 11.5. The first-order chi connectivity index (χ1) is 16.5. The molecule has 0 radical (unpaired) electrons. The van der Waals surface area contributed by atoms with E-state index in [0.717, 1.165) is 91.7 Å². The summed E-state index contributed by atoms with van der Waals surface area (Å²) in [6.07, 6.45) is 4.23. The summed E-state index contributed by atoms with van der Waals surface area (Å²) in [4.78, 5) is 30.1. The molecule has 6 rings (SSSR count). The first-order valence-corrected chi connectivity index (χ1v) is 14.8. The van der Waals surface area contributed by atoms with E-state index in [9.17, 15) is 9.59 Å². The molecule has 34 heavy (non-hydrogen) atoms. The Bertz CT molecular complexity index is 1390. The van der Waals surface area contributed by atoms with Gasteiger partial charge in [0.1, 0.15) is 0 Å². The first kappa shape index (κ1) is 24.4. The monoisotopic (exact) mass is 624 g/mol. The summed E-state index contributed by atoms with van der Waals surface area (Å²) >= 11 is 10.2. The molecule has 0 saturated carbocycles. The number of H-pyrrole nitrogens is 2. The summed E-state index contributed by atoms with van der Waals surface area (Å²) in [6, 6.07) is 6.10. The van der Waals surface area contributed by atoms with Gasteiger partial charge in [0.15, 0.2) is 0 Å². The Morgan fingerprint density at radius 3 is 1.94 bits per heavy atom. The molecule has 2 fully saturated rings. The number of nitrogens with one attached hydrogen (secondary N) is 4. The number of halogens is 2. The van der Waals surface area contributed by atoms with Gasteiger partial charge in [-0.2, -0.15) is 0 Å². The largest absolute Gasteiger partial charge is 0.321 e. The maximum atomic E-state index is 12.1. The zero-order valence-corrected chi connectivity index (χ0v) is 23.3. The molecule has 2 aliphatic rings. The summed E-state index contributed by atoms with van der Waals surface area (Å²) in [5.41, 5.74) is 3.92. The molecule has 0 bridgehead atoms. The van der Waals surface area contributed by atoms with E-state index in [1.165, 1.54) is 0 Å². The van der Waals surface area contributed by atoms with Crippen LogP contribution < -0.4 is 21.8 Å². The molecule has 4 N–H and O–H groups in total. The lowest BCUT2D eigenvalue weighted by atomic mass is 9.91. The second kappa shape index (κ2) is 10.8. The van der Waals surface area contributed by atoms with Crippen LogP contribution in [0, 0.1) is 0 Å². The number of hydrogen-bond donors (Lipinski definition) is 4. The van der Waals surface area contributed by atoms with Crippen molar-refractivity contribution >= 4 is 75.0 Å². The molecule has 6 heterocycles. The number of thiophene rings is 2. The van der Waals surface area contributed by atoms with Gasteiger partial charge >= 0.3 is 0 Å². The molecule has 0 unspecified atom stereocenters. The quantitative estimate of drug-likeness (QED) is 0.232. The molecule has 4 aromatic heterocycles. The molecule has 0 atom stereocenters. The van der Waals surface area contributed by atoms with Crippen LogP contribution in [0.3, 0.4) is 0 Å². The predicted molar refractivity (Wildman–Crippen MR) is 150 cm³/mol. The van der Waals surface area contributed by atoms with Crippen LogP contribution in [0.1, 0.15) is 48.6 Å². The van der Waals surface area contributed by atoms with E-state index < -0.39 is 0 Å². The molecular weight excluding hydrogens is 600 g/mol. The van der Waals surface area contributed by atoms with Crippen molar-refractivity contribution in [2.75, 3.05) is 26.2 Å². The van der Waals surface area contributed by atoms with Crippen LogP contribution in [0.5, 0.6) is 0 Å². The van der Waals surface area contributed by atoms with Crippen LogP contribution in [-0.2, 0) is 0 Å². The lowest BCUT2D eigenvalue weighted by Gasteiger charge is -2.22. The lowest BCUT2D eigenvalue weighted by Crippen LogP contribution is -2.29. The minimum Gasteiger partial charge on any atom is -0.321 e. The average Bonchev–Trinajstić information content (AvgIpc) is 3.40. The molecule has 2 saturated heterocycles. The topological polar surface area (TPSA) is 89.8 Å². The molecule has 0 amide bonds. The van der Waals surface area contributed by atoms with E-state index >= 15 is 0 Å². The van der Waals surface area contributed by atoms with Gasteiger partial charge in [-0.15, -0.1) is 22.7 Å². The van der Waals surface area contributed by atoms with Gasteiger partial charge in [0, 0.05) is 16.5 Å². The fourth-order valence-corrected chi connectivity index (χ4v) is 7.91. The van der Waals surface area contributed by atoms with E-state index in [2.05, 4.69) is 64.6 Å². The van der Waals surface area contributed by atoms with Crippen LogP contribution in [0.25, 0.3) is 20.4 Å². The number of aromatic nitrogens is 2. The second-order valence-electron chi connectivity index (χ2n) is 8.81. The highest BCUT2D eigenvalue weighted by Gasteiger charge is 2.20. The van der Waals surface area contributed by atoms with Crippen molar-refractivity contribution < 1.29 is 0 Å². The van der Waals surface area contributed by atoms with Crippen LogP contribution in [0.4, 0.5) is 0 Å². The normalized spacial score (nSPS) is 17.7. The summed E-state index contributed by atoms with van der Waals surface area (Å²) in [7, 11) is 0. The molecular formula is C24H26Br2N4O2S2. The lowest BCUT2D eigenvalue weighted by molar-refractivity contribution is 0.458. The molecule has 180 valence electrons. The fraction of sp³-hybridized carbons (Fsp3) is 0.417. The highest BCUT2D eigenvalue weighted by molar-refractivity contribution is 9.11. The highest BCUT2D eigenvalue weighted by atomic mass is 79.9. The average molecular weight is 626 g/mol. The zero-order chi connectivity index (χ0) is 23.7. The maximum Gasteiger partial charge on any atom is 0.251 e. The van der Waals surface area contributed by atoms with E-state index in [0.29, 0.717) is 11.8 Å². The van der Waals surface area contributed by atoms with Crippen LogP contribution in [0.15, 0.2) is 41.4 Å². The third kappa shape index (κ3) is 5.27. The molecule has 4 aromatic rings. The van der Waals surface area contributed by atoms with Gasteiger partial charge in [0.05, 0.1) is 28.7 Å². The molecule has 6 nitrogen and oxygen atoms in total. The van der Waals surface area contributed by atoms with Gasteiger partial charge < -0.3 is 20.6 Å². The van der Waals surface area contributed by atoms with Gasteiger partial charge in [-0.1, -0.05) is 0 Å². The van der Waals surface area contributed by atoms with Gasteiger partial charge in [-0.25, -0.2) is 0 Å². The van der Waals surface area contributed by atoms with Crippen LogP contribution >= 0.6 is 54.5 Å². The van der Waals surface area contributed by atoms with Crippen molar-refractivity contribution in [2.24, 2.45) is 0 Å². The maximum absolute atomic E-state index is 12.1. The van der Waals surface area contributed by atoms with Gasteiger partial charge in [0.2, 0.25) is 0 Å². The smallest absolute Gasteiger partial charge is 0.251 e. The SMILES string of the molecule is O=c1[nH]c2c(Br)csc2cc1C1CCNCC1.O=c1[nH]c2cc(Br)sc2cc1C1CCNCC1. The second-order valence-corrected chi connectivity index (χ2v) is 13.0. The third-order valence-corrected chi connectivity index (χ3v) is 10.1. The number of hydrogen-bond acceptors (Lipinski definition) is 6. The fourth-order valence-electron chi connectivity index (χ4n) is 4.82. The Morgan fingerprint density at radius 2 is 1.32 bits per heavy atom. The summed E-state index contributed by atoms with van der Waals surface area (Å²) < 4.78 is 4.35. The minimum atomic E-state index is 0.0727. The Hall–Kier alpha value is -1.30. The Kier molecular flexibility index (Phi) is 7.72.